The van der Waals surface area contributed by atoms with Gasteiger partial charge in [0.2, 0.25) is 0 Å². The van der Waals surface area contributed by atoms with E-state index in [2.05, 4.69) is 15.5 Å². The summed E-state index contributed by atoms with van der Waals surface area (Å²) in [5, 5.41) is 12.5. The number of hydrogen-bond donors (Lipinski definition) is 0. The van der Waals surface area contributed by atoms with Crippen molar-refractivity contribution < 1.29 is 13.6 Å². The molecule has 0 aliphatic heterocycles. The second kappa shape index (κ2) is 12.1. The van der Waals surface area contributed by atoms with Crippen LogP contribution in [0.25, 0.3) is 0 Å². The predicted octanol–water partition coefficient (Wildman–Crippen LogP) is 5.13. The summed E-state index contributed by atoms with van der Waals surface area (Å²) in [6.07, 6.45) is 4.99. The van der Waals surface area contributed by atoms with E-state index in [-0.39, 0.29) is 0 Å². The lowest BCUT2D eigenvalue weighted by atomic mass is 10.2. The van der Waals surface area contributed by atoms with Gasteiger partial charge < -0.3 is 13.6 Å². The van der Waals surface area contributed by atoms with Gasteiger partial charge in [-0.15, -0.1) is 15.5 Å². The highest BCUT2D eigenvalue weighted by Crippen LogP contribution is 2.14. The normalized spacial score (nSPS) is 10.6. The average Bonchev–Trinajstić information content (AvgIpc) is 2.57. The first-order chi connectivity index (χ1) is 11.0. The molecule has 0 heterocycles. The SMILES string of the molecule is CCC(CC)=NO[Si](C)(ON=C(CC)CC)ON=C(CC)CC. The molecule has 0 aliphatic carbocycles. The highest BCUT2D eigenvalue weighted by Gasteiger charge is 2.45. The minimum atomic E-state index is -3.10. The van der Waals surface area contributed by atoms with Crippen LogP contribution in [0.4, 0.5) is 0 Å². The van der Waals surface area contributed by atoms with E-state index >= 15 is 0 Å². The van der Waals surface area contributed by atoms with Crippen molar-refractivity contribution in [2.45, 2.75) is 86.6 Å². The van der Waals surface area contributed by atoms with Gasteiger partial charge in [0.05, 0.1) is 17.1 Å². The number of nitrogens with zero attached hydrogens (tertiary/aromatic N) is 3. The van der Waals surface area contributed by atoms with Gasteiger partial charge in [-0.3, -0.25) is 0 Å². The maximum absolute atomic E-state index is 5.62. The Bertz CT molecular complexity index is 345. The van der Waals surface area contributed by atoms with Crippen molar-refractivity contribution >= 4 is 25.9 Å². The van der Waals surface area contributed by atoms with Gasteiger partial charge in [0.15, 0.2) is 0 Å². The molecule has 0 saturated heterocycles. The molecule has 0 amide bonds. The van der Waals surface area contributed by atoms with Crippen molar-refractivity contribution in [3.05, 3.63) is 0 Å². The molecule has 0 aliphatic rings. The molecule has 0 fully saturated rings. The second-order valence-electron chi connectivity index (χ2n) is 5.23. The van der Waals surface area contributed by atoms with Crippen molar-refractivity contribution in [1.82, 2.24) is 0 Å². The summed E-state index contributed by atoms with van der Waals surface area (Å²) < 4.78 is 16.9. The lowest BCUT2D eigenvalue weighted by Gasteiger charge is -2.19. The molecule has 0 N–H and O–H groups in total. The zero-order valence-electron chi connectivity index (χ0n) is 15.8. The van der Waals surface area contributed by atoms with Crippen LogP contribution in [0.5, 0.6) is 0 Å². The molecule has 134 valence electrons. The number of hydrogen-bond acceptors (Lipinski definition) is 6. The zero-order chi connectivity index (χ0) is 17.7. The smallest absolute Gasteiger partial charge is 0.373 e. The summed E-state index contributed by atoms with van der Waals surface area (Å²) >= 11 is 0. The van der Waals surface area contributed by atoms with Crippen molar-refractivity contribution in [1.29, 1.82) is 0 Å². The fourth-order valence-electron chi connectivity index (χ4n) is 1.63. The van der Waals surface area contributed by atoms with Gasteiger partial charge in [-0.2, -0.15) is 0 Å². The van der Waals surface area contributed by atoms with E-state index in [4.69, 9.17) is 13.6 Å². The third kappa shape index (κ3) is 8.73. The first kappa shape index (κ1) is 21.6. The summed E-state index contributed by atoms with van der Waals surface area (Å²) in [5.74, 6) is 0. The van der Waals surface area contributed by atoms with Crippen LogP contribution in [0, 0.1) is 0 Å². The summed E-state index contributed by atoms with van der Waals surface area (Å²) in [5.41, 5.74) is 2.88. The van der Waals surface area contributed by atoms with Gasteiger partial charge in [-0.05, 0) is 38.5 Å². The zero-order valence-corrected chi connectivity index (χ0v) is 16.8. The van der Waals surface area contributed by atoms with Crippen LogP contribution in [-0.4, -0.2) is 25.9 Å². The lowest BCUT2D eigenvalue weighted by Crippen LogP contribution is -2.38. The minimum absolute atomic E-state index is 0.831. The summed E-state index contributed by atoms with van der Waals surface area (Å²) in [4.78, 5) is 0. The Kier molecular flexibility index (Phi) is 11.4. The third-order valence-corrected chi connectivity index (χ3v) is 4.74. The van der Waals surface area contributed by atoms with E-state index in [1.165, 1.54) is 0 Å². The number of oxime groups is 3. The van der Waals surface area contributed by atoms with Crippen LogP contribution in [-0.2, 0) is 13.6 Å². The molecule has 0 aromatic heterocycles. The Morgan fingerprint density at radius 1 is 0.565 bits per heavy atom. The Hall–Kier alpha value is -1.37. The van der Waals surface area contributed by atoms with Crippen LogP contribution >= 0.6 is 0 Å². The van der Waals surface area contributed by atoms with Gasteiger partial charge in [0.25, 0.3) is 0 Å². The van der Waals surface area contributed by atoms with Crippen LogP contribution in [0.1, 0.15) is 80.1 Å². The van der Waals surface area contributed by atoms with Gasteiger partial charge in [0, 0.05) is 6.55 Å². The van der Waals surface area contributed by atoms with E-state index in [1.54, 1.807) is 6.55 Å². The lowest BCUT2D eigenvalue weighted by molar-refractivity contribution is 0.0720. The molecule has 0 rings (SSSR count). The van der Waals surface area contributed by atoms with Gasteiger partial charge >= 0.3 is 8.80 Å². The number of rotatable bonds is 12. The summed E-state index contributed by atoms with van der Waals surface area (Å²) in [7, 11) is -3.10. The highest BCUT2D eigenvalue weighted by atomic mass is 28.4. The van der Waals surface area contributed by atoms with E-state index in [1.807, 2.05) is 41.5 Å². The van der Waals surface area contributed by atoms with Gasteiger partial charge in [-0.1, -0.05) is 41.5 Å². The van der Waals surface area contributed by atoms with Crippen LogP contribution in [0.3, 0.4) is 0 Å². The first-order valence-corrected chi connectivity index (χ1v) is 10.9. The Balaban J connectivity index is 5.20. The van der Waals surface area contributed by atoms with Crippen LogP contribution < -0.4 is 0 Å². The Morgan fingerprint density at radius 2 is 0.783 bits per heavy atom. The van der Waals surface area contributed by atoms with E-state index < -0.39 is 8.80 Å². The Labute approximate surface area is 142 Å². The largest absolute Gasteiger partial charge is 0.759 e. The molecular weight excluding hydrogens is 310 g/mol. The molecule has 0 aromatic rings. The van der Waals surface area contributed by atoms with Crippen molar-refractivity contribution in [3.63, 3.8) is 0 Å². The fraction of sp³-hybridized carbons (Fsp3) is 0.812. The molecule has 0 atom stereocenters. The predicted molar refractivity (Wildman–Crippen MR) is 98.9 cm³/mol. The van der Waals surface area contributed by atoms with Crippen LogP contribution in [0.15, 0.2) is 15.5 Å². The molecule has 0 bridgehead atoms. The van der Waals surface area contributed by atoms with Crippen molar-refractivity contribution in [2.24, 2.45) is 15.5 Å². The molecule has 0 radical (unpaired) electrons. The van der Waals surface area contributed by atoms with Crippen LogP contribution in [0.2, 0.25) is 6.55 Å². The van der Waals surface area contributed by atoms with E-state index in [0.717, 1.165) is 55.7 Å². The third-order valence-electron chi connectivity index (χ3n) is 3.47. The molecule has 0 unspecified atom stereocenters. The summed E-state index contributed by atoms with van der Waals surface area (Å²) in [6.45, 7) is 14.0. The molecule has 23 heavy (non-hydrogen) atoms. The quantitative estimate of drug-likeness (QED) is 0.280. The van der Waals surface area contributed by atoms with E-state index in [9.17, 15) is 0 Å². The standard InChI is InChI=1S/C16H33N3O3Si/c1-8-14(9-2)17-20-23(7,21-18-15(10-3)11-4)22-19-16(12-5)13-6/h8-13H2,1-7H3. The molecule has 0 spiro atoms. The molecule has 0 aromatic carbocycles. The maximum atomic E-state index is 5.62. The van der Waals surface area contributed by atoms with Crippen molar-refractivity contribution in [3.8, 4) is 0 Å². The topological polar surface area (TPSA) is 64.8 Å². The van der Waals surface area contributed by atoms with E-state index in [0.29, 0.717) is 0 Å². The molecule has 0 saturated carbocycles. The Morgan fingerprint density at radius 3 is 0.957 bits per heavy atom. The monoisotopic (exact) mass is 343 g/mol. The maximum Gasteiger partial charge on any atom is 0.759 e. The fourth-order valence-corrected chi connectivity index (χ4v) is 2.61. The van der Waals surface area contributed by atoms with Gasteiger partial charge in [-0.25, -0.2) is 0 Å². The van der Waals surface area contributed by atoms with Crippen molar-refractivity contribution in [2.75, 3.05) is 0 Å². The average molecular weight is 344 g/mol. The highest BCUT2D eigenvalue weighted by molar-refractivity contribution is 6.59. The molecule has 7 heteroatoms. The molecule has 6 nitrogen and oxygen atoms in total. The summed E-state index contributed by atoms with van der Waals surface area (Å²) in [6, 6.07) is 0. The molecular formula is C16H33N3O3Si. The first-order valence-electron chi connectivity index (χ1n) is 8.69. The second-order valence-corrected chi connectivity index (χ2v) is 7.50. The van der Waals surface area contributed by atoms with Gasteiger partial charge in [0.1, 0.15) is 0 Å². The minimum Gasteiger partial charge on any atom is -0.373 e.